The Morgan fingerprint density at radius 3 is 3.17 bits per heavy atom. The Labute approximate surface area is 113 Å². The lowest BCUT2D eigenvalue weighted by molar-refractivity contribution is -0.117. The smallest absolute Gasteiger partial charge is 0.218 e. The molecule has 0 spiro atoms. The fraction of sp³-hybridized carbons (Fsp3) is 0.364. The molecule has 1 amide bonds. The highest BCUT2D eigenvalue weighted by Crippen LogP contribution is 2.17. The number of aryl methyl sites for hydroxylation is 2. The number of thioether (sulfide) groups is 1. The van der Waals surface area contributed by atoms with Crippen LogP contribution in [0.2, 0.25) is 0 Å². The minimum atomic E-state index is -0.285. The molecular weight excluding hydrogens is 268 g/mol. The van der Waals surface area contributed by atoms with Crippen LogP contribution < -0.4 is 5.73 Å². The lowest BCUT2D eigenvalue weighted by Gasteiger charge is -2.04. The van der Waals surface area contributed by atoms with Gasteiger partial charge in [-0.3, -0.25) is 4.79 Å². The number of aromatic nitrogens is 3. The zero-order valence-electron chi connectivity index (χ0n) is 9.78. The Hall–Kier alpha value is -1.34. The molecule has 0 aliphatic heterocycles. The maximum atomic E-state index is 10.7. The molecule has 0 aliphatic carbocycles. The molecule has 0 unspecified atom stereocenters. The molecule has 0 bridgehead atoms. The van der Waals surface area contributed by atoms with Gasteiger partial charge in [0.2, 0.25) is 5.91 Å². The van der Waals surface area contributed by atoms with Gasteiger partial charge in [-0.2, -0.15) is 0 Å². The van der Waals surface area contributed by atoms with Gasteiger partial charge in [0.25, 0.3) is 0 Å². The molecule has 2 aromatic heterocycles. The van der Waals surface area contributed by atoms with Gasteiger partial charge in [0, 0.05) is 23.6 Å². The topological polar surface area (TPSA) is 73.8 Å². The molecule has 0 aromatic carbocycles. The van der Waals surface area contributed by atoms with E-state index in [1.54, 1.807) is 17.7 Å². The van der Waals surface area contributed by atoms with Gasteiger partial charge in [-0.15, -0.1) is 21.5 Å². The van der Waals surface area contributed by atoms with Crippen LogP contribution in [0, 0.1) is 0 Å². The average Bonchev–Trinajstić information content (AvgIpc) is 2.96. The molecule has 5 nitrogen and oxygen atoms in total. The van der Waals surface area contributed by atoms with Crippen molar-refractivity contribution >= 4 is 29.0 Å². The summed E-state index contributed by atoms with van der Waals surface area (Å²) in [5.74, 6) is 0.361. The second kappa shape index (κ2) is 6.55. The molecule has 0 atom stereocenters. The van der Waals surface area contributed by atoms with Crippen LogP contribution in [0.15, 0.2) is 29.0 Å². The number of rotatable bonds is 7. The fourth-order valence-electron chi connectivity index (χ4n) is 1.44. The predicted octanol–water partition coefficient (Wildman–Crippen LogP) is 1.55. The van der Waals surface area contributed by atoms with Crippen molar-refractivity contribution in [3.63, 3.8) is 0 Å². The second-order valence-electron chi connectivity index (χ2n) is 3.70. The van der Waals surface area contributed by atoms with Crippen molar-refractivity contribution in [3.05, 3.63) is 28.7 Å². The molecular formula is C11H14N4OS2. The number of thiophene rings is 1. The van der Waals surface area contributed by atoms with Crippen molar-refractivity contribution in [3.8, 4) is 0 Å². The van der Waals surface area contributed by atoms with E-state index in [0.717, 1.165) is 18.1 Å². The first-order valence-electron chi connectivity index (χ1n) is 5.57. The summed E-state index contributed by atoms with van der Waals surface area (Å²) in [4.78, 5) is 12.0. The summed E-state index contributed by atoms with van der Waals surface area (Å²) in [6.45, 7) is 0.854. The van der Waals surface area contributed by atoms with Crippen LogP contribution >= 0.6 is 23.1 Å². The Bertz CT molecular complexity index is 495. The molecule has 0 aliphatic rings. The number of nitrogens with zero attached hydrogens (tertiary/aromatic N) is 3. The van der Waals surface area contributed by atoms with Crippen molar-refractivity contribution in [1.82, 2.24) is 14.8 Å². The number of carbonyl (C=O) groups excluding carboxylic acids is 1. The van der Waals surface area contributed by atoms with Gasteiger partial charge in [0.05, 0.1) is 0 Å². The summed E-state index contributed by atoms with van der Waals surface area (Å²) in [6.07, 6.45) is 3.06. The summed E-state index contributed by atoms with van der Waals surface area (Å²) in [7, 11) is 0. The van der Waals surface area contributed by atoms with Gasteiger partial charge in [-0.1, -0.05) is 17.8 Å². The molecule has 0 radical (unpaired) electrons. The summed E-state index contributed by atoms with van der Waals surface area (Å²) in [5.41, 5.74) is 5.10. The summed E-state index contributed by atoms with van der Waals surface area (Å²) in [5, 5.41) is 10.9. The lowest BCUT2D eigenvalue weighted by Crippen LogP contribution is -2.11. The van der Waals surface area contributed by atoms with Crippen molar-refractivity contribution in [2.75, 3.05) is 5.75 Å². The van der Waals surface area contributed by atoms with E-state index in [-0.39, 0.29) is 5.91 Å². The molecule has 2 heterocycles. The number of nitrogens with two attached hydrogens (primary N) is 1. The zero-order chi connectivity index (χ0) is 12.8. The van der Waals surface area contributed by atoms with Crippen molar-refractivity contribution < 1.29 is 4.79 Å². The highest BCUT2D eigenvalue weighted by atomic mass is 32.2. The largest absolute Gasteiger partial charge is 0.370 e. The quantitative estimate of drug-likeness (QED) is 0.782. The zero-order valence-corrected chi connectivity index (χ0v) is 11.4. The minimum absolute atomic E-state index is 0.285. The Kier molecular flexibility index (Phi) is 4.77. The maximum absolute atomic E-state index is 10.7. The van der Waals surface area contributed by atoms with Crippen LogP contribution in [0.3, 0.4) is 0 Å². The van der Waals surface area contributed by atoms with Gasteiger partial charge in [-0.05, 0) is 17.9 Å². The van der Waals surface area contributed by atoms with Gasteiger partial charge < -0.3 is 10.3 Å². The van der Waals surface area contributed by atoms with Crippen molar-refractivity contribution in [2.24, 2.45) is 5.73 Å². The first-order valence-corrected chi connectivity index (χ1v) is 7.43. The molecule has 7 heteroatoms. The highest BCUT2D eigenvalue weighted by Gasteiger charge is 2.06. The van der Waals surface area contributed by atoms with Crippen LogP contribution in [-0.4, -0.2) is 26.4 Å². The average molecular weight is 282 g/mol. The van der Waals surface area contributed by atoms with Crippen LogP contribution in [0.4, 0.5) is 0 Å². The molecule has 0 fully saturated rings. The Morgan fingerprint density at radius 2 is 2.44 bits per heavy atom. The third-order valence-corrected chi connectivity index (χ3v) is 4.26. The second-order valence-corrected chi connectivity index (χ2v) is 5.80. The normalized spacial score (nSPS) is 10.7. The van der Waals surface area contributed by atoms with Crippen LogP contribution in [0.25, 0.3) is 0 Å². The minimum Gasteiger partial charge on any atom is -0.370 e. The highest BCUT2D eigenvalue weighted by molar-refractivity contribution is 7.99. The van der Waals surface area contributed by atoms with Gasteiger partial charge in [0.15, 0.2) is 5.16 Å². The Morgan fingerprint density at radius 1 is 1.56 bits per heavy atom. The molecule has 18 heavy (non-hydrogen) atoms. The molecule has 2 N–H and O–H groups in total. The SMILES string of the molecule is NC(=O)CCSc1nncn1CCc1cccs1. The predicted molar refractivity (Wildman–Crippen MR) is 72.6 cm³/mol. The molecule has 0 saturated heterocycles. The van der Waals surface area contributed by atoms with E-state index >= 15 is 0 Å². The van der Waals surface area contributed by atoms with E-state index in [1.807, 2.05) is 4.57 Å². The summed E-state index contributed by atoms with van der Waals surface area (Å²) >= 11 is 3.26. The van der Waals surface area contributed by atoms with Gasteiger partial charge in [0.1, 0.15) is 6.33 Å². The van der Waals surface area contributed by atoms with E-state index < -0.39 is 0 Å². The molecule has 96 valence electrons. The summed E-state index contributed by atoms with van der Waals surface area (Å²) < 4.78 is 2.01. The van der Waals surface area contributed by atoms with E-state index in [0.29, 0.717) is 12.2 Å². The molecule has 2 aromatic rings. The van der Waals surface area contributed by atoms with Crippen molar-refractivity contribution in [2.45, 2.75) is 24.5 Å². The monoisotopic (exact) mass is 282 g/mol. The number of hydrogen-bond donors (Lipinski definition) is 1. The first kappa shape index (κ1) is 13.1. The number of primary amides is 1. The van der Waals surface area contributed by atoms with Crippen LogP contribution in [-0.2, 0) is 17.8 Å². The standard InChI is InChI=1S/C11H14N4OS2/c12-10(16)4-7-18-11-14-13-8-15(11)5-3-9-2-1-6-17-9/h1-2,6,8H,3-5,7H2,(H2,12,16). The van der Waals surface area contributed by atoms with Crippen molar-refractivity contribution in [1.29, 1.82) is 0 Å². The van der Waals surface area contributed by atoms with Gasteiger partial charge >= 0.3 is 0 Å². The van der Waals surface area contributed by atoms with E-state index in [4.69, 9.17) is 5.73 Å². The number of hydrogen-bond acceptors (Lipinski definition) is 5. The number of amides is 1. The molecule has 0 saturated carbocycles. The third-order valence-electron chi connectivity index (χ3n) is 2.34. The van der Waals surface area contributed by atoms with E-state index in [1.165, 1.54) is 16.6 Å². The van der Waals surface area contributed by atoms with E-state index in [9.17, 15) is 4.79 Å². The number of carbonyl (C=O) groups is 1. The third kappa shape index (κ3) is 3.85. The van der Waals surface area contributed by atoms with E-state index in [2.05, 4.69) is 27.7 Å². The van der Waals surface area contributed by atoms with Crippen LogP contribution in [0.1, 0.15) is 11.3 Å². The maximum Gasteiger partial charge on any atom is 0.218 e. The Balaban J connectivity index is 1.85. The fourth-order valence-corrected chi connectivity index (χ4v) is 3.03. The first-order chi connectivity index (χ1) is 8.75. The van der Waals surface area contributed by atoms with Gasteiger partial charge in [-0.25, -0.2) is 0 Å². The van der Waals surface area contributed by atoms with Crippen LogP contribution in [0.5, 0.6) is 0 Å². The lowest BCUT2D eigenvalue weighted by atomic mass is 10.3. The molecule has 2 rings (SSSR count). The summed E-state index contributed by atoms with van der Waals surface area (Å²) in [6, 6.07) is 4.17.